The van der Waals surface area contributed by atoms with Crippen molar-refractivity contribution < 1.29 is 25.8 Å². The third-order valence-electron chi connectivity index (χ3n) is 10.7. The van der Waals surface area contributed by atoms with Gasteiger partial charge in [0.1, 0.15) is 5.82 Å². The fourth-order valence-electron chi connectivity index (χ4n) is 8.62. The Hall–Kier alpha value is -4.47. The molecule has 0 spiro atoms. The standard InChI is InChI=1S/C51H58N4O.Pt/c1-31(2)23-43-44(24-32(3)4)49(34(7)8)51(50(35(9)10)45(43)25-33(5)6)37-29-53-54(30-37)38-15-14-16-39(27-38)56-40-19-20-42-41-17-12-13-18-46(41)55(47(42)28-40)48-26-36(11)21-22-52-48;/h12-22,26,29-35H,23-25H2,1-11H3;/q-2;+2. The van der Waals surface area contributed by atoms with Crippen LogP contribution in [-0.4, -0.2) is 19.3 Å². The molecule has 6 heteroatoms. The largest absolute Gasteiger partial charge is 2.00 e. The first-order chi connectivity index (χ1) is 26.8. The van der Waals surface area contributed by atoms with Gasteiger partial charge in [-0.1, -0.05) is 93.0 Å². The van der Waals surface area contributed by atoms with E-state index in [1.54, 1.807) is 16.7 Å². The predicted molar refractivity (Wildman–Crippen MR) is 234 cm³/mol. The number of pyridine rings is 1. The van der Waals surface area contributed by atoms with E-state index < -0.39 is 0 Å². The van der Waals surface area contributed by atoms with Crippen molar-refractivity contribution in [2.45, 2.75) is 107 Å². The summed E-state index contributed by atoms with van der Waals surface area (Å²) in [5.41, 5.74) is 14.3. The zero-order valence-corrected chi connectivity index (χ0v) is 37.9. The van der Waals surface area contributed by atoms with E-state index in [-0.39, 0.29) is 21.1 Å². The monoisotopic (exact) mass is 937 g/mol. The Morgan fingerprint density at radius 1 is 0.667 bits per heavy atom. The van der Waals surface area contributed by atoms with E-state index in [2.05, 4.69) is 142 Å². The van der Waals surface area contributed by atoms with Crippen LogP contribution in [0.25, 0.3) is 44.4 Å². The van der Waals surface area contributed by atoms with Gasteiger partial charge in [-0.3, -0.25) is 4.68 Å². The molecule has 0 amide bonds. The molecule has 298 valence electrons. The maximum Gasteiger partial charge on any atom is 2.00 e. The van der Waals surface area contributed by atoms with Gasteiger partial charge >= 0.3 is 21.1 Å². The Bertz CT molecular complexity index is 2460. The second-order valence-corrected chi connectivity index (χ2v) is 17.5. The maximum absolute atomic E-state index is 6.52. The molecule has 0 aliphatic rings. The number of hydrogen-bond donors (Lipinski definition) is 0. The molecule has 3 heterocycles. The van der Waals surface area contributed by atoms with Crippen LogP contribution >= 0.6 is 0 Å². The van der Waals surface area contributed by atoms with Gasteiger partial charge in [0.05, 0.1) is 6.20 Å². The Balaban J connectivity index is 0.00000549. The Morgan fingerprint density at radius 3 is 1.93 bits per heavy atom. The molecule has 0 aliphatic carbocycles. The van der Waals surface area contributed by atoms with Gasteiger partial charge in [-0.2, -0.15) is 17.2 Å². The Morgan fingerprint density at radius 2 is 1.30 bits per heavy atom. The quantitative estimate of drug-likeness (QED) is 0.108. The molecule has 7 aromatic rings. The summed E-state index contributed by atoms with van der Waals surface area (Å²) in [5, 5.41) is 7.25. The topological polar surface area (TPSA) is 44.9 Å². The Labute approximate surface area is 355 Å². The van der Waals surface area contributed by atoms with Gasteiger partial charge in [0.25, 0.3) is 0 Å². The third kappa shape index (κ3) is 8.70. The summed E-state index contributed by atoms with van der Waals surface area (Å²) in [6, 6.07) is 29.8. The molecule has 0 aliphatic heterocycles. The van der Waals surface area contributed by atoms with E-state index in [1.807, 2.05) is 41.2 Å². The first-order valence-corrected chi connectivity index (χ1v) is 20.6. The normalized spacial score (nSPS) is 11.9. The summed E-state index contributed by atoms with van der Waals surface area (Å²) >= 11 is 0. The van der Waals surface area contributed by atoms with Crippen LogP contribution in [0.15, 0.2) is 85.3 Å². The molecule has 4 aromatic carbocycles. The molecule has 5 nitrogen and oxygen atoms in total. The van der Waals surface area contributed by atoms with Gasteiger partial charge in [-0.15, -0.1) is 35.7 Å². The Kier molecular flexibility index (Phi) is 13.0. The summed E-state index contributed by atoms with van der Waals surface area (Å²) in [4.78, 5) is 4.73. The smallest absolute Gasteiger partial charge is 0.509 e. The van der Waals surface area contributed by atoms with Crippen molar-refractivity contribution in [3.63, 3.8) is 0 Å². The van der Waals surface area contributed by atoms with Gasteiger partial charge in [-0.05, 0) is 124 Å². The van der Waals surface area contributed by atoms with Crippen LogP contribution in [0.4, 0.5) is 0 Å². The van der Waals surface area contributed by atoms with Crippen molar-refractivity contribution in [1.29, 1.82) is 0 Å². The molecule has 0 saturated carbocycles. The number of fused-ring (bicyclic) bond motifs is 3. The second kappa shape index (κ2) is 17.6. The van der Waals surface area contributed by atoms with Crippen LogP contribution in [0.2, 0.25) is 0 Å². The average Bonchev–Trinajstić information content (AvgIpc) is 3.75. The van der Waals surface area contributed by atoms with Crippen LogP contribution in [0.5, 0.6) is 11.5 Å². The van der Waals surface area contributed by atoms with Crippen molar-refractivity contribution in [2.24, 2.45) is 17.8 Å². The number of para-hydroxylation sites is 1. The number of benzene rings is 4. The minimum atomic E-state index is 0. The van der Waals surface area contributed by atoms with Crippen molar-refractivity contribution in [3.8, 4) is 34.1 Å². The number of aromatic nitrogens is 4. The van der Waals surface area contributed by atoms with Crippen molar-refractivity contribution in [1.82, 2.24) is 19.3 Å². The van der Waals surface area contributed by atoms with Crippen LogP contribution in [0.3, 0.4) is 0 Å². The maximum atomic E-state index is 6.52. The first kappa shape index (κ1) is 42.1. The minimum absolute atomic E-state index is 0. The number of hydrogen-bond acceptors (Lipinski definition) is 3. The van der Waals surface area contributed by atoms with Crippen LogP contribution in [0, 0.1) is 36.8 Å². The van der Waals surface area contributed by atoms with Gasteiger partial charge in [0, 0.05) is 35.0 Å². The molecular formula is C51H58N4OPt. The molecule has 57 heavy (non-hydrogen) atoms. The molecule has 3 aromatic heterocycles. The molecule has 0 fully saturated rings. The van der Waals surface area contributed by atoms with Crippen LogP contribution in [0.1, 0.15) is 114 Å². The summed E-state index contributed by atoms with van der Waals surface area (Å²) in [7, 11) is 0. The molecule has 7 rings (SSSR count). The van der Waals surface area contributed by atoms with Crippen molar-refractivity contribution >= 4 is 21.8 Å². The predicted octanol–water partition coefficient (Wildman–Crippen LogP) is 13.6. The first-order valence-electron chi connectivity index (χ1n) is 20.6. The van der Waals surface area contributed by atoms with Crippen LogP contribution in [-0.2, 0) is 40.3 Å². The number of aryl methyl sites for hydroxylation is 1. The summed E-state index contributed by atoms with van der Waals surface area (Å²) in [6.45, 7) is 25.8. The van der Waals surface area contributed by atoms with E-state index in [1.165, 1.54) is 22.3 Å². The average molecular weight is 938 g/mol. The van der Waals surface area contributed by atoms with Crippen LogP contribution < -0.4 is 4.74 Å². The molecule has 0 unspecified atom stereocenters. The molecule has 0 atom stereocenters. The number of ether oxygens (including phenoxy) is 1. The molecule has 0 bridgehead atoms. The summed E-state index contributed by atoms with van der Waals surface area (Å²) < 4.78 is 10.6. The zero-order chi connectivity index (χ0) is 39.8. The molecule has 0 N–H and O–H groups in total. The molecule has 0 saturated heterocycles. The van der Waals surface area contributed by atoms with Gasteiger partial charge in [-0.25, -0.2) is 4.98 Å². The molecular weight excluding hydrogens is 880 g/mol. The summed E-state index contributed by atoms with van der Waals surface area (Å²) in [6.07, 6.45) is 9.40. The number of nitrogens with zero attached hydrogens (tertiary/aromatic N) is 4. The molecule has 0 radical (unpaired) electrons. The van der Waals surface area contributed by atoms with E-state index >= 15 is 0 Å². The third-order valence-corrected chi connectivity index (χ3v) is 10.7. The zero-order valence-electron chi connectivity index (χ0n) is 35.6. The fourth-order valence-corrected chi connectivity index (χ4v) is 8.62. The van der Waals surface area contributed by atoms with Crippen molar-refractivity contribution in [3.05, 3.63) is 131 Å². The fraction of sp³-hybridized carbons (Fsp3) is 0.373. The van der Waals surface area contributed by atoms with Gasteiger partial charge < -0.3 is 9.30 Å². The number of rotatable bonds is 13. The van der Waals surface area contributed by atoms with Gasteiger partial charge in [0.15, 0.2) is 0 Å². The SMILES string of the molecule is Cc1ccnc(-n2c3[c-]c(Oc4[c-]c(-n5cc(-c6c(C(C)C)c(CC(C)C)c(CC(C)C)c(CC(C)C)c6C(C)C)cn5)ccc4)ccc3c3ccccc32)c1.[Pt+2]. The van der Waals surface area contributed by atoms with Crippen molar-refractivity contribution in [2.75, 3.05) is 0 Å². The van der Waals surface area contributed by atoms with E-state index in [0.717, 1.165) is 58.1 Å². The minimum Gasteiger partial charge on any atom is -0.509 e. The van der Waals surface area contributed by atoms with Gasteiger partial charge in [0.2, 0.25) is 0 Å². The van der Waals surface area contributed by atoms with E-state index in [0.29, 0.717) is 41.1 Å². The van der Waals surface area contributed by atoms with E-state index in [9.17, 15) is 0 Å². The summed E-state index contributed by atoms with van der Waals surface area (Å²) in [5.74, 6) is 4.52. The van der Waals surface area contributed by atoms with E-state index in [4.69, 9.17) is 14.8 Å². The second-order valence-electron chi connectivity index (χ2n) is 17.5.